The van der Waals surface area contributed by atoms with E-state index in [-0.39, 0.29) is 16.1 Å². The number of nitrogens with zero attached hydrogens (tertiary/aromatic N) is 4. The van der Waals surface area contributed by atoms with Gasteiger partial charge in [-0.1, -0.05) is 11.5 Å². The van der Waals surface area contributed by atoms with Crippen LogP contribution in [0.15, 0.2) is 40.6 Å². The fraction of sp³-hybridized carbons (Fsp3) is 0.467. The van der Waals surface area contributed by atoms with Crippen molar-refractivity contribution in [1.29, 1.82) is 0 Å². The molecule has 0 spiro atoms. The molecule has 3 rings (SSSR count). The highest BCUT2D eigenvalue weighted by Crippen LogP contribution is 2.32. The van der Waals surface area contributed by atoms with Crippen molar-refractivity contribution in [2.45, 2.75) is 19.3 Å². The first-order chi connectivity index (χ1) is 10.6. The zero-order chi connectivity index (χ0) is 15.6. The van der Waals surface area contributed by atoms with Crippen molar-refractivity contribution in [1.82, 2.24) is 9.49 Å². The van der Waals surface area contributed by atoms with E-state index < -0.39 is 11.6 Å². The molecule has 22 heavy (non-hydrogen) atoms. The van der Waals surface area contributed by atoms with Gasteiger partial charge in [-0.05, 0) is 32.0 Å². The number of halogens is 2. The quantitative estimate of drug-likeness (QED) is 0.870. The van der Waals surface area contributed by atoms with Crippen LogP contribution >= 0.6 is 0 Å². The average Bonchev–Trinajstić information content (AvgIpc) is 2.88. The maximum atomic E-state index is 14.2. The molecule has 2 aliphatic heterocycles. The fourth-order valence-corrected chi connectivity index (χ4v) is 3.02. The van der Waals surface area contributed by atoms with E-state index in [1.54, 1.807) is 6.20 Å². The minimum atomic E-state index is -0.636. The van der Waals surface area contributed by atoms with Crippen LogP contribution in [0.5, 0.6) is 0 Å². The summed E-state index contributed by atoms with van der Waals surface area (Å²) in [6.45, 7) is 3.37. The lowest BCUT2D eigenvalue weighted by molar-refractivity contribution is 0.204. The topological polar surface area (TPSA) is 54.0 Å². The summed E-state index contributed by atoms with van der Waals surface area (Å²) < 4.78 is 27.2. The van der Waals surface area contributed by atoms with Crippen LogP contribution in [0.1, 0.15) is 19.3 Å². The van der Waals surface area contributed by atoms with E-state index in [0.717, 1.165) is 25.7 Å². The summed E-state index contributed by atoms with van der Waals surface area (Å²) in [7, 11) is 0. The number of hydrogen-bond donors (Lipinski definition) is 1. The van der Waals surface area contributed by atoms with Gasteiger partial charge in [0.1, 0.15) is 12.4 Å². The Morgan fingerprint density at radius 1 is 1.18 bits per heavy atom. The van der Waals surface area contributed by atoms with Crippen LogP contribution in [-0.4, -0.2) is 31.1 Å². The second-order valence-electron chi connectivity index (χ2n) is 5.79. The van der Waals surface area contributed by atoms with Gasteiger partial charge in [-0.2, -0.15) is 0 Å². The van der Waals surface area contributed by atoms with Gasteiger partial charge in [0.05, 0.1) is 6.54 Å². The van der Waals surface area contributed by atoms with E-state index in [0.29, 0.717) is 6.54 Å². The first kappa shape index (κ1) is 15.1. The molecule has 2 aliphatic rings. The third-order valence-corrected chi connectivity index (χ3v) is 4.20. The summed E-state index contributed by atoms with van der Waals surface area (Å²) >= 11 is 0. The van der Waals surface area contributed by atoms with Crippen molar-refractivity contribution >= 4 is 5.69 Å². The van der Waals surface area contributed by atoms with Gasteiger partial charge >= 0.3 is 0 Å². The summed E-state index contributed by atoms with van der Waals surface area (Å²) in [6, 6.07) is 3.51. The Bertz CT molecular complexity index is 610. The van der Waals surface area contributed by atoms with Crippen LogP contribution in [0, 0.1) is 11.6 Å². The molecule has 0 aromatic heterocycles. The molecule has 5 nitrogen and oxygen atoms in total. The number of benzene rings is 1. The van der Waals surface area contributed by atoms with Gasteiger partial charge < -0.3 is 5.73 Å². The molecular formula is C15H20F2N5+. The summed E-state index contributed by atoms with van der Waals surface area (Å²) in [5.74, 6) is -0.991. The highest BCUT2D eigenvalue weighted by Gasteiger charge is 2.38. The first-order valence-corrected chi connectivity index (χ1v) is 7.56. The van der Waals surface area contributed by atoms with Crippen LogP contribution in [0.3, 0.4) is 0 Å². The smallest absolute Gasteiger partial charge is 0.208 e. The summed E-state index contributed by atoms with van der Waals surface area (Å²) in [4.78, 5) is 2.34. The van der Waals surface area contributed by atoms with Crippen LogP contribution in [0.4, 0.5) is 14.5 Å². The summed E-state index contributed by atoms with van der Waals surface area (Å²) in [5.41, 5.74) is 5.98. The van der Waals surface area contributed by atoms with Crippen LogP contribution in [-0.2, 0) is 0 Å². The lowest BCUT2D eigenvalue weighted by atomic mass is 10.1. The molecular weight excluding hydrogens is 288 g/mol. The molecule has 1 aromatic carbocycles. The highest BCUT2D eigenvalue weighted by atomic mass is 19.1. The predicted octanol–water partition coefficient (Wildman–Crippen LogP) is 2.90. The molecule has 2 N–H and O–H groups in total. The second-order valence-corrected chi connectivity index (χ2v) is 5.79. The number of likely N-dealkylation sites (tertiary alicyclic amines) is 1. The fourth-order valence-electron chi connectivity index (χ4n) is 3.02. The summed E-state index contributed by atoms with van der Waals surface area (Å²) in [5, 5.41) is 8.00. The Morgan fingerprint density at radius 2 is 1.95 bits per heavy atom. The number of rotatable bonds is 4. The van der Waals surface area contributed by atoms with E-state index in [9.17, 15) is 8.78 Å². The minimum Gasteiger partial charge on any atom is -0.378 e. The van der Waals surface area contributed by atoms with Gasteiger partial charge in [-0.3, -0.25) is 4.90 Å². The van der Waals surface area contributed by atoms with Crippen molar-refractivity contribution in [3.05, 3.63) is 41.9 Å². The molecule has 0 amide bonds. The molecule has 1 atom stereocenters. The van der Waals surface area contributed by atoms with Gasteiger partial charge in [-0.25, -0.2) is 8.78 Å². The molecule has 0 aliphatic carbocycles. The van der Waals surface area contributed by atoms with Gasteiger partial charge in [0.15, 0.2) is 12.0 Å². The highest BCUT2D eigenvalue weighted by molar-refractivity contribution is 5.47. The molecule has 2 heterocycles. The SMILES string of the molecule is NC1=C[N+](CCN2CCCCC2)(c2ccc(F)cc2F)N=N1. The maximum absolute atomic E-state index is 14.2. The Labute approximate surface area is 128 Å². The third-order valence-electron chi connectivity index (χ3n) is 4.20. The van der Waals surface area contributed by atoms with Crippen LogP contribution in [0.25, 0.3) is 0 Å². The van der Waals surface area contributed by atoms with E-state index in [1.807, 2.05) is 0 Å². The van der Waals surface area contributed by atoms with Crippen molar-refractivity contribution in [3.8, 4) is 0 Å². The molecule has 7 heteroatoms. The standard InChI is InChI=1S/C15H20F2N5/c16-12-4-5-14(13(17)10-12)22(11-15(18)19-20-22)9-8-21-6-2-1-3-7-21/h4-5,10-11H,1-3,6-9,18H2/q+1. The lowest BCUT2D eigenvalue weighted by Crippen LogP contribution is -2.45. The average molecular weight is 308 g/mol. The van der Waals surface area contributed by atoms with E-state index in [2.05, 4.69) is 15.2 Å². The number of piperidine rings is 1. The molecule has 1 unspecified atom stereocenters. The lowest BCUT2D eigenvalue weighted by Gasteiger charge is -2.30. The molecule has 1 aromatic rings. The number of quaternary nitrogens is 1. The van der Waals surface area contributed by atoms with Crippen molar-refractivity contribution < 1.29 is 8.78 Å². The van der Waals surface area contributed by atoms with Crippen molar-refractivity contribution in [3.63, 3.8) is 0 Å². The van der Waals surface area contributed by atoms with Gasteiger partial charge in [-0.15, -0.1) is 4.59 Å². The van der Waals surface area contributed by atoms with Gasteiger partial charge in [0.2, 0.25) is 11.5 Å². The second kappa shape index (κ2) is 6.10. The van der Waals surface area contributed by atoms with Gasteiger partial charge in [0, 0.05) is 17.4 Å². The predicted molar refractivity (Wildman–Crippen MR) is 80.4 cm³/mol. The molecule has 0 bridgehead atoms. The molecule has 0 radical (unpaired) electrons. The number of nitrogens with two attached hydrogens (primary N) is 1. The summed E-state index contributed by atoms with van der Waals surface area (Å²) in [6.07, 6.45) is 5.24. The van der Waals surface area contributed by atoms with E-state index >= 15 is 0 Å². The van der Waals surface area contributed by atoms with Crippen LogP contribution < -0.4 is 10.3 Å². The van der Waals surface area contributed by atoms with E-state index in [1.165, 1.54) is 31.4 Å². The largest absolute Gasteiger partial charge is 0.378 e. The van der Waals surface area contributed by atoms with Crippen molar-refractivity contribution in [2.75, 3.05) is 26.2 Å². The van der Waals surface area contributed by atoms with Gasteiger partial charge in [0.25, 0.3) is 0 Å². The Hall–Kier alpha value is -1.86. The monoisotopic (exact) mass is 308 g/mol. The molecule has 1 fully saturated rings. The first-order valence-electron chi connectivity index (χ1n) is 7.56. The molecule has 118 valence electrons. The zero-order valence-corrected chi connectivity index (χ0v) is 12.4. The minimum absolute atomic E-state index is 0.144. The normalized spacial score (nSPS) is 25.5. The van der Waals surface area contributed by atoms with Crippen LogP contribution in [0.2, 0.25) is 0 Å². The molecule has 0 saturated carbocycles. The number of hydrogen-bond acceptors (Lipinski definition) is 4. The zero-order valence-electron chi connectivity index (χ0n) is 12.4. The van der Waals surface area contributed by atoms with Crippen molar-refractivity contribution in [2.24, 2.45) is 16.1 Å². The maximum Gasteiger partial charge on any atom is 0.208 e. The Kier molecular flexibility index (Phi) is 4.17. The van der Waals surface area contributed by atoms with E-state index in [4.69, 9.17) is 5.73 Å². The molecule has 1 saturated heterocycles. The Morgan fingerprint density at radius 3 is 2.59 bits per heavy atom. The Balaban J connectivity index is 1.84. The third kappa shape index (κ3) is 3.00.